The summed E-state index contributed by atoms with van der Waals surface area (Å²) >= 11 is 13.9. The number of pyridine rings is 1. The number of benzene rings is 3. The number of halogens is 2. The largest absolute Gasteiger partial charge is 0.481 e. The van der Waals surface area contributed by atoms with Crippen molar-refractivity contribution in [3.05, 3.63) is 92.5 Å². The van der Waals surface area contributed by atoms with Crippen LogP contribution in [0, 0.1) is 16.7 Å². The van der Waals surface area contributed by atoms with Gasteiger partial charge in [0.1, 0.15) is 28.5 Å². The van der Waals surface area contributed by atoms with E-state index >= 15 is 0 Å². The van der Waals surface area contributed by atoms with Gasteiger partial charge in [0.05, 0.1) is 29.4 Å². The molecule has 3 aromatic carbocycles. The molecule has 10 nitrogen and oxygen atoms in total. The van der Waals surface area contributed by atoms with Gasteiger partial charge in [0.2, 0.25) is 17.7 Å². The average Bonchev–Trinajstić information content (AvgIpc) is 3.95. The van der Waals surface area contributed by atoms with Gasteiger partial charge in [0.25, 0.3) is 0 Å². The topological polar surface area (TPSA) is 125 Å². The molecule has 0 unspecified atom stereocenters. The first kappa shape index (κ1) is 35.2. The number of hydrogen-bond acceptors (Lipinski definition) is 10. The van der Waals surface area contributed by atoms with Gasteiger partial charge in [-0.05, 0) is 72.2 Å². The Labute approximate surface area is 323 Å². The van der Waals surface area contributed by atoms with Gasteiger partial charge in [0.15, 0.2) is 5.58 Å². The highest BCUT2D eigenvalue weighted by molar-refractivity contribution is 6.36. The highest BCUT2D eigenvalue weighted by Gasteiger charge is 2.47. The van der Waals surface area contributed by atoms with Gasteiger partial charge < -0.3 is 19.0 Å². The molecule has 0 radical (unpaired) electrons. The van der Waals surface area contributed by atoms with Crippen molar-refractivity contribution >= 4 is 40.1 Å². The fourth-order valence-electron chi connectivity index (χ4n) is 9.02. The Bertz CT molecular complexity index is 2350. The Morgan fingerprint density at radius 1 is 1.00 bits per heavy atom. The zero-order valence-corrected chi connectivity index (χ0v) is 31.4. The smallest absolute Gasteiger partial charge is 0.236 e. The van der Waals surface area contributed by atoms with E-state index in [1.807, 2.05) is 42.5 Å². The number of fused-ring (bicyclic) bond motifs is 2. The summed E-state index contributed by atoms with van der Waals surface area (Å²) in [5, 5.41) is 20.9. The second-order valence-corrected chi connectivity index (χ2v) is 16.1. The number of methoxy groups -OCH3 is 1. The summed E-state index contributed by atoms with van der Waals surface area (Å²) in [7, 11) is 1.59. The van der Waals surface area contributed by atoms with Crippen LogP contribution in [0.5, 0.6) is 11.8 Å². The van der Waals surface area contributed by atoms with Gasteiger partial charge >= 0.3 is 0 Å². The number of carbonyl (C=O) groups excluding carboxylic acids is 1. The normalized spacial score (nSPS) is 20.8. The molecule has 1 N–H and O–H groups in total. The van der Waals surface area contributed by atoms with Gasteiger partial charge in [0, 0.05) is 68.7 Å². The zero-order valence-electron chi connectivity index (χ0n) is 29.9. The molecule has 2 atom stereocenters. The van der Waals surface area contributed by atoms with Crippen LogP contribution < -0.4 is 9.47 Å². The third-order valence-electron chi connectivity index (χ3n) is 11.5. The highest BCUT2D eigenvalue weighted by atomic mass is 35.5. The van der Waals surface area contributed by atoms with Crippen LogP contribution in [0.3, 0.4) is 0 Å². The number of hydrogen-bond donors (Lipinski definition) is 1. The van der Waals surface area contributed by atoms with Gasteiger partial charge in [-0.2, -0.15) is 10.2 Å². The van der Waals surface area contributed by atoms with Crippen molar-refractivity contribution in [2.75, 3.05) is 33.3 Å². The summed E-state index contributed by atoms with van der Waals surface area (Å²) in [6.07, 6.45) is 4.01. The SMILES string of the molecule is COc1nc(O[C@@H]2CCc3c(-c4cccc(-c5nc6cc(CN7CC8(CCC(=O)C8)C7)cc(C#N)c6o5)c4Cl)cccc32)c(Cl)cc1CN1CC[C@H](O)C1. The van der Waals surface area contributed by atoms with Gasteiger partial charge in [-0.25, -0.2) is 4.98 Å². The average molecular weight is 765 g/mol. The minimum atomic E-state index is -0.319. The zero-order chi connectivity index (χ0) is 37.1. The van der Waals surface area contributed by atoms with Crippen LogP contribution in [0.25, 0.3) is 33.7 Å². The van der Waals surface area contributed by atoms with E-state index in [4.69, 9.17) is 42.1 Å². The molecule has 54 heavy (non-hydrogen) atoms. The highest BCUT2D eigenvalue weighted by Crippen LogP contribution is 2.46. The minimum absolute atomic E-state index is 0.139. The molecule has 3 fully saturated rings. The van der Waals surface area contributed by atoms with Crippen LogP contribution in [-0.4, -0.2) is 70.1 Å². The van der Waals surface area contributed by atoms with Gasteiger partial charge in [-0.15, -0.1) is 0 Å². The molecular weight excluding hydrogens is 725 g/mol. The number of β-amino-alcohol motifs (C(OH)–C–C–N with tert-alkyl or cyclic N) is 1. The number of ether oxygens (including phenoxy) is 2. The molecule has 4 aliphatic rings. The maximum absolute atomic E-state index is 11.9. The number of aromatic nitrogens is 2. The first-order valence-electron chi connectivity index (χ1n) is 18.5. The van der Waals surface area contributed by atoms with Gasteiger partial charge in [-0.1, -0.05) is 53.5 Å². The van der Waals surface area contributed by atoms with E-state index in [1.165, 1.54) is 0 Å². The van der Waals surface area contributed by atoms with Crippen LogP contribution >= 0.6 is 23.2 Å². The Hall–Kier alpha value is -4.50. The third kappa shape index (κ3) is 6.42. The summed E-state index contributed by atoms with van der Waals surface area (Å²) in [5.74, 6) is 1.49. The first-order valence-corrected chi connectivity index (χ1v) is 19.2. The number of nitriles is 1. The Balaban J connectivity index is 0.963. The van der Waals surface area contributed by atoms with Crippen molar-refractivity contribution in [2.24, 2.45) is 5.41 Å². The number of carbonyl (C=O) groups is 1. The number of oxazole rings is 1. The molecule has 9 rings (SSSR count). The van der Waals surface area contributed by atoms with E-state index in [0.29, 0.717) is 88.2 Å². The molecule has 1 saturated carbocycles. The van der Waals surface area contributed by atoms with Crippen LogP contribution in [0.15, 0.2) is 59.0 Å². The van der Waals surface area contributed by atoms with Crippen LogP contribution in [0.4, 0.5) is 0 Å². The molecule has 2 saturated heterocycles. The molecule has 0 amide bonds. The molecule has 2 aliphatic carbocycles. The van der Waals surface area contributed by atoms with Crippen molar-refractivity contribution in [1.29, 1.82) is 5.26 Å². The second-order valence-electron chi connectivity index (χ2n) is 15.3. The lowest BCUT2D eigenvalue weighted by molar-refractivity contribution is -0.119. The van der Waals surface area contributed by atoms with Crippen LogP contribution in [0.1, 0.15) is 66.0 Å². The number of ketones is 1. The number of nitrogens with zero attached hydrogens (tertiary/aromatic N) is 5. The Kier molecular flexibility index (Phi) is 9.11. The second kappa shape index (κ2) is 14.0. The molecule has 1 spiro atoms. The monoisotopic (exact) mass is 763 g/mol. The predicted octanol–water partition coefficient (Wildman–Crippen LogP) is 7.93. The van der Waals surface area contributed by atoms with E-state index in [0.717, 1.165) is 78.7 Å². The van der Waals surface area contributed by atoms with Crippen molar-refractivity contribution < 1.29 is 23.8 Å². The maximum atomic E-state index is 11.9. The summed E-state index contributed by atoms with van der Waals surface area (Å²) in [6, 6.07) is 20.0. The van der Waals surface area contributed by atoms with Crippen molar-refractivity contribution in [2.45, 2.75) is 63.8 Å². The van der Waals surface area contributed by atoms with E-state index in [-0.39, 0.29) is 17.6 Å². The molecule has 12 heteroatoms. The van der Waals surface area contributed by atoms with Crippen LogP contribution in [0.2, 0.25) is 10.0 Å². The van der Waals surface area contributed by atoms with E-state index in [9.17, 15) is 15.2 Å². The van der Waals surface area contributed by atoms with E-state index < -0.39 is 0 Å². The minimum Gasteiger partial charge on any atom is -0.481 e. The van der Waals surface area contributed by atoms with Crippen molar-refractivity contribution in [3.8, 4) is 40.4 Å². The third-order valence-corrected chi connectivity index (χ3v) is 12.2. The van der Waals surface area contributed by atoms with Crippen molar-refractivity contribution in [1.82, 2.24) is 19.8 Å². The fourth-order valence-corrected chi connectivity index (χ4v) is 9.54. The van der Waals surface area contributed by atoms with E-state index in [2.05, 4.69) is 33.0 Å². The molecule has 5 aromatic rings. The summed E-state index contributed by atoms with van der Waals surface area (Å²) in [5.41, 5.74) is 8.12. The molecule has 2 aliphatic heterocycles. The Morgan fingerprint density at radius 3 is 2.57 bits per heavy atom. The summed E-state index contributed by atoms with van der Waals surface area (Å²) < 4.78 is 18.4. The number of Topliss-reactive ketones (excluding diaryl/α,β-unsaturated/α-hetero) is 1. The number of aliphatic hydroxyl groups excluding tert-OH is 1. The summed E-state index contributed by atoms with van der Waals surface area (Å²) in [6.45, 7) is 4.48. The predicted molar refractivity (Wildman–Crippen MR) is 205 cm³/mol. The maximum Gasteiger partial charge on any atom is 0.236 e. The molecule has 4 heterocycles. The lowest BCUT2D eigenvalue weighted by Crippen LogP contribution is -2.54. The molecule has 276 valence electrons. The van der Waals surface area contributed by atoms with E-state index in [1.54, 1.807) is 7.11 Å². The van der Waals surface area contributed by atoms with Gasteiger partial charge in [-0.3, -0.25) is 14.6 Å². The summed E-state index contributed by atoms with van der Waals surface area (Å²) in [4.78, 5) is 25.9. The quantitative estimate of drug-likeness (QED) is 0.158. The standard InChI is InChI=1S/C42H39Cl2N5O5/c1-52-39-26(20-48-13-11-28(51)21-48)16-34(43)41(47-39)53-36-9-8-30-29(4-2-5-31(30)36)32-6-3-7-33(37(32)44)40-46-35-15-24(14-25(18-45)38(35)54-40)19-49-22-42(23-49)12-10-27(50)17-42/h2-7,14-16,28,36,51H,8-13,17,19-23H2,1H3/t28-,36+/m0/s1. The molecular formula is C42H39Cl2N5O5. The Morgan fingerprint density at radius 2 is 1.81 bits per heavy atom. The lowest BCUT2D eigenvalue weighted by atomic mass is 9.78. The molecule has 2 aromatic heterocycles. The van der Waals surface area contributed by atoms with Crippen molar-refractivity contribution in [3.63, 3.8) is 0 Å². The van der Waals surface area contributed by atoms with Crippen LogP contribution in [-0.2, 0) is 24.3 Å². The number of aliphatic hydroxyl groups is 1. The molecule has 0 bridgehead atoms. The lowest BCUT2D eigenvalue weighted by Gasteiger charge is -2.48. The fraction of sp³-hybridized carbons (Fsp3) is 0.381. The number of rotatable bonds is 9. The first-order chi connectivity index (χ1) is 26.2. The number of likely N-dealkylation sites (tertiary alicyclic amines) is 2.